The maximum Gasteiger partial charge on any atom is -0.00926 e. The van der Waals surface area contributed by atoms with E-state index >= 15 is 0 Å². The van der Waals surface area contributed by atoms with Gasteiger partial charge in [-0.15, -0.1) is 0 Å². The molecule has 9 rings (SSSR count). The second-order valence-corrected chi connectivity index (χ2v) is 11.6. The molecule has 0 amide bonds. The first-order valence-electron chi connectivity index (χ1n) is 13.7. The van der Waals surface area contributed by atoms with Gasteiger partial charge in [-0.25, -0.2) is 0 Å². The summed E-state index contributed by atoms with van der Waals surface area (Å²) in [5.74, 6) is 2.44. The number of hydrogen-bond donors (Lipinski definition) is 0. The van der Waals surface area contributed by atoms with E-state index in [9.17, 15) is 0 Å². The Bertz CT molecular complexity index is 1600. The van der Waals surface area contributed by atoms with Crippen molar-refractivity contribution in [3.05, 3.63) is 119 Å². The summed E-state index contributed by atoms with van der Waals surface area (Å²) < 4.78 is 0. The van der Waals surface area contributed by atoms with Gasteiger partial charge in [0.25, 0.3) is 0 Å². The molecule has 0 heteroatoms. The average molecular weight is 461 g/mol. The Kier molecular flexibility index (Phi) is 3.79. The van der Waals surface area contributed by atoms with Gasteiger partial charge in [0.05, 0.1) is 0 Å². The molecule has 3 aliphatic carbocycles. The zero-order valence-electron chi connectivity index (χ0n) is 20.4. The zero-order valence-corrected chi connectivity index (χ0v) is 20.4. The molecule has 0 spiro atoms. The van der Waals surface area contributed by atoms with Crippen LogP contribution in [0.15, 0.2) is 97.1 Å². The van der Waals surface area contributed by atoms with Gasteiger partial charge < -0.3 is 0 Å². The van der Waals surface area contributed by atoms with Crippen LogP contribution in [0, 0.1) is 0 Å². The quantitative estimate of drug-likeness (QED) is 0.198. The van der Waals surface area contributed by atoms with Crippen LogP contribution >= 0.6 is 0 Å². The van der Waals surface area contributed by atoms with Crippen LogP contribution in [0.3, 0.4) is 0 Å². The number of benzene rings is 6. The second-order valence-electron chi connectivity index (χ2n) is 11.6. The van der Waals surface area contributed by atoms with Crippen molar-refractivity contribution in [1.82, 2.24) is 0 Å². The van der Waals surface area contributed by atoms with Crippen molar-refractivity contribution in [3.63, 3.8) is 0 Å². The van der Waals surface area contributed by atoms with Crippen LogP contribution in [0.2, 0.25) is 0 Å². The fourth-order valence-corrected chi connectivity index (χ4v) is 7.69. The lowest BCUT2D eigenvalue weighted by molar-refractivity contribution is 0.347. The van der Waals surface area contributed by atoms with Crippen LogP contribution in [-0.2, 0) is 0 Å². The molecule has 6 aromatic rings. The fourth-order valence-electron chi connectivity index (χ4n) is 7.69. The summed E-state index contributed by atoms with van der Waals surface area (Å²) in [5.41, 5.74) is 6.08. The predicted octanol–water partition coefficient (Wildman–Crippen LogP) is 9.94. The molecule has 0 nitrogen and oxygen atoms in total. The topological polar surface area (TPSA) is 0 Å². The lowest BCUT2D eigenvalue weighted by Gasteiger charge is -2.38. The molecule has 6 aromatic carbocycles. The molecule has 0 heterocycles. The smallest absolute Gasteiger partial charge is 0.00926 e. The van der Waals surface area contributed by atoms with Crippen molar-refractivity contribution >= 4 is 43.1 Å². The van der Waals surface area contributed by atoms with Gasteiger partial charge >= 0.3 is 0 Å². The normalized spacial score (nSPS) is 24.2. The minimum Gasteiger partial charge on any atom is -0.0581 e. The van der Waals surface area contributed by atoms with E-state index < -0.39 is 0 Å². The minimum atomic E-state index is 0.611. The summed E-state index contributed by atoms with van der Waals surface area (Å²) in [4.78, 5) is 0. The van der Waals surface area contributed by atoms with E-state index in [0.717, 1.165) is 0 Å². The Morgan fingerprint density at radius 1 is 0.306 bits per heavy atom. The predicted molar refractivity (Wildman–Crippen MR) is 152 cm³/mol. The van der Waals surface area contributed by atoms with Gasteiger partial charge in [-0.1, -0.05) is 97.1 Å². The fraction of sp³-hybridized carbons (Fsp3) is 0.222. The molecule has 0 aromatic heterocycles. The SMILES string of the molecule is c1cc2ccc3ccc4cc3c2cc1[C@H]1CC[C@H]1c1ccc2ccc3ccc(cc3c2c1)[C@H]1CC[C@@H]41. The van der Waals surface area contributed by atoms with E-state index in [1.807, 2.05) is 0 Å². The van der Waals surface area contributed by atoms with Crippen LogP contribution in [0.25, 0.3) is 43.1 Å². The number of hydrogen-bond acceptors (Lipinski definition) is 0. The Morgan fingerprint density at radius 3 is 0.750 bits per heavy atom. The van der Waals surface area contributed by atoms with E-state index in [4.69, 9.17) is 0 Å². The molecule has 0 aliphatic heterocycles. The van der Waals surface area contributed by atoms with Gasteiger partial charge in [-0.2, -0.15) is 0 Å². The van der Waals surface area contributed by atoms with E-state index in [2.05, 4.69) is 97.1 Å². The molecule has 0 N–H and O–H groups in total. The lowest BCUT2D eigenvalue weighted by atomic mass is 9.65. The van der Waals surface area contributed by atoms with Crippen molar-refractivity contribution in [2.45, 2.75) is 49.4 Å². The van der Waals surface area contributed by atoms with Crippen molar-refractivity contribution in [3.8, 4) is 0 Å². The summed E-state index contributed by atoms with van der Waals surface area (Å²) in [6.07, 6.45) is 5.14. The maximum absolute atomic E-state index is 2.53. The third kappa shape index (κ3) is 2.60. The first-order chi connectivity index (χ1) is 17.8. The number of rotatable bonds is 0. The summed E-state index contributed by atoms with van der Waals surface area (Å²) >= 11 is 0. The molecular weight excluding hydrogens is 432 g/mol. The van der Waals surface area contributed by atoms with Crippen LogP contribution in [0.4, 0.5) is 0 Å². The summed E-state index contributed by atoms with van der Waals surface area (Å²) in [6.45, 7) is 0. The zero-order chi connectivity index (χ0) is 23.4. The van der Waals surface area contributed by atoms with Crippen molar-refractivity contribution in [2.75, 3.05) is 0 Å². The highest BCUT2D eigenvalue weighted by molar-refractivity contribution is 6.09. The molecule has 3 aliphatic rings. The molecule has 2 saturated carbocycles. The van der Waals surface area contributed by atoms with Crippen LogP contribution in [0.5, 0.6) is 0 Å². The van der Waals surface area contributed by atoms with Gasteiger partial charge in [0.15, 0.2) is 0 Å². The van der Waals surface area contributed by atoms with Gasteiger partial charge in [0.1, 0.15) is 0 Å². The van der Waals surface area contributed by atoms with E-state index in [0.29, 0.717) is 23.7 Å². The Hall–Kier alpha value is -3.64. The minimum absolute atomic E-state index is 0.611. The highest BCUT2D eigenvalue weighted by Crippen LogP contribution is 2.52. The highest BCUT2D eigenvalue weighted by Gasteiger charge is 2.35. The second kappa shape index (κ2) is 6.98. The van der Waals surface area contributed by atoms with E-state index in [1.54, 1.807) is 0 Å². The van der Waals surface area contributed by atoms with Gasteiger partial charge in [0.2, 0.25) is 0 Å². The third-order valence-corrected chi connectivity index (χ3v) is 10.0. The monoisotopic (exact) mass is 460 g/mol. The molecule has 0 unspecified atom stereocenters. The van der Waals surface area contributed by atoms with Crippen LogP contribution < -0.4 is 0 Å². The average Bonchev–Trinajstić information content (AvgIpc) is 2.87. The maximum atomic E-state index is 2.53. The highest BCUT2D eigenvalue weighted by atomic mass is 14.4. The van der Waals surface area contributed by atoms with Crippen molar-refractivity contribution < 1.29 is 0 Å². The van der Waals surface area contributed by atoms with Gasteiger partial charge in [-0.05, 0) is 115 Å². The van der Waals surface area contributed by atoms with Gasteiger partial charge in [-0.3, -0.25) is 0 Å². The van der Waals surface area contributed by atoms with Crippen molar-refractivity contribution in [2.24, 2.45) is 0 Å². The van der Waals surface area contributed by atoms with Crippen LogP contribution in [-0.4, -0.2) is 0 Å². The largest absolute Gasteiger partial charge is 0.0581 e. The first kappa shape index (κ1) is 19.5. The standard InChI is InChI=1S/C36H28/c1-2-22-6-10-26-18-34(22)33-17-25(9-5-21(1)33)29-13-14-31(29)27-11-7-23-3-4-24-8-12-28(32-16-15-30(26)32)20-36(24)35(23)19-27/h1-12,17-20,29-32H,13-16H2/t29-,30+,31+,32-. The van der Waals surface area contributed by atoms with E-state index in [-0.39, 0.29) is 0 Å². The van der Waals surface area contributed by atoms with Gasteiger partial charge in [0, 0.05) is 0 Å². The summed E-state index contributed by atoms with van der Waals surface area (Å²) in [5, 5.41) is 11.2. The Labute approximate surface area is 211 Å². The lowest BCUT2D eigenvalue weighted by Crippen LogP contribution is -2.22. The Morgan fingerprint density at radius 2 is 0.528 bits per heavy atom. The molecule has 2 fully saturated rings. The first-order valence-corrected chi connectivity index (χ1v) is 13.7. The van der Waals surface area contributed by atoms with E-state index in [1.165, 1.54) is 91.0 Å². The summed E-state index contributed by atoms with van der Waals surface area (Å²) in [7, 11) is 0. The molecular formula is C36H28. The molecule has 36 heavy (non-hydrogen) atoms. The third-order valence-electron chi connectivity index (χ3n) is 10.0. The Balaban J connectivity index is 1.36. The number of fused-ring (bicyclic) bond motifs is 10. The molecule has 4 atom stereocenters. The van der Waals surface area contributed by atoms with Crippen molar-refractivity contribution in [1.29, 1.82) is 0 Å². The summed E-state index contributed by atoms with van der Waals surface area (Å²) in [6, 6.07) is 38.5. The molecule has 0 radical (unpaired) electrons. The molecule has 172 valence electrons. The van der Waals surface area contributed by atoms with Crippen LogP contribution in [0.1, 0.15) is 71.6 Å². The molecule has 8 bridgehead atoms. The molecule has 0 saturated heterocycles.